The van der Waals surface area contributed by atoms with Crippen LogP contribution in [-0.4, -0.2) is 19.5 Å². The summed E-state index contributed by atoms with van der Waals surface area (Å²) < 4.78 is 3.11. The fourth-order valence-electron chi connectivity index (χ4n) is 2.06. The van der Waals surface area contributed by atoms with Crippen molar-refractivity contribution in [1.29, 1.82) is 0 Å². The Balaban J connectivity index is 2.02. The molecular formula is C15H14IN3O. The molecule has 0 radical (unpaired) electrons. The van der Waals surface area contributed by atoms with Gasteiger partial charge in [0.2, 0.25) is 0 Å². The van der Waals surface area contributed by atoms with Crippen molar-refractivity contribution in [2.24, 2.45) is 0 Å². The van der Waals surface area contributed by atoms with Crippen molar-refractivity contribution in [2.45, 2.75) is 19.4 Å². The monoisotopic (exact) mass is 379 g/mol. The lowest BCUT2D eigenvalue weighted by Crippen LogP contribution is -2.17. The first-order valence-corrected chi connectivity index (χ1v) is 7.35. The second-order valence-electron chi connectivity index (χ2n) is 5.22. The Morgan fingerprint density at radius 3 is 2.55 bits per heavy atom. The molecule has 0 aliphatic heterocycles. The predicted octanol–water partition coefficient (Wildman–Crippen LogP) is 3.23. The number of pyridine rings is 2. The van der Waals surface area contributed by atoms with Gasteiger partial charge in [-0.05, 0) is 60.2 Å². The molecule has 0 fully saturated rings. The van der Waals surface area contributed by atoms with Crippen molar-refractivity contribution in [3.63, 3.8) is 0 Å². The van der Waals surface area contributed by atoms with E-state index in [-0.39, 0.29) is 0 Å². The molecular weight excluding hydrogens is 365 g/mol. The summed E-state index contributed by atoms with van der Waals surface area (Å²) in [5.74, 6) is 0. The minimum absolute atomic E-state index is 0.665. The maximum atomic E-state index is 9.92. The largest absolute Gasteiger partial charge is 0.384 e. The molecule has 3 rings (SSSR count). The van der Waals surface area contributed by atoms with Crippen molar-refractivity contribution in [1.82, 2.24) is 14.4 Å². The normalized spacial score (nSPS) is 12.0. The number of halogens is 1. The smallest absolute Gasteiger partial charge is 0.138 e. The van der Waals surface area contributed by atoms with Crippen LogP contribution in [-0.2, 0) is 5.60 Å². The van der Waals surface area contributed by atoms with E-state index in [1.807, 2.05) is 41.1 Å². The highest BCUT2D eigenvalue weighted by Gasteiger charge is 2.17. The molecule has 0 aliphatic rings. The van der Waals surface area contributed by atoms with E-state index in [2.05, 4.69) is 32.6 Å². The molecule has 102 valence electrons. The van der Waals surface area contributed by atoms with Gasteiger partial charge in [-0.2, -0.15) is 0 Å². The highest BCUT2D eigenvalue weighted by Crippen LogP contribution is 2.23. The zero-order valence-electron chi connectivity index (χ0n) is 11.2. The Hall–Kier alpha value is -1.47. The van der Waals surface area contributed by atoms with E-state index in [9.17, 15) is 5.11 Å². The van der Waals surface area contributed by atoms with Gasteiger partial charge in [0.05, 0.1) is 11.9 Å². The number of aromatic nitrogens is 3. The molecule has 0 saturated carbocycles. The summed E-state index contributed by atoms with van der Waals surface area (Å²) in [5.41, 5.74) is 2.74. The average Bonchev–Trinajstić information content (AvgIpc) is 2.79. The molecule has 20 heavy (non-hydrogen) atoms. The van der Waals surface area contributed by atoms with Crippen LogP contribution in [0.4, 0.5) is 0 Å². The Bertz CT molecular complexity index is 757. The first-order valence-electron chi connectivity index (χ1n) is 6.27. The van der Waals surface area contributed by atoms with Crippen LogP contribution in [0.15, 0.2) is 42.9 Å². The molecule has 1 N–H and O–H groups in total. The molecule has 4 nitrogen and oxygen atoms in total. The Labute approximate surface area is 130 Å². The number of hydrogen-bond acceptors (Lipinski definition) is 3. The second kappa shape index (κ2) is 4.82. The molecule has 3 heterocycles. The molecule has 0 spiro atoms. The maximum Gasteiger partial charge on any atom is 0.138 e. The molecule has 0 atom stereocenters. The molecule has 0 aliphatic carbocycles. The highest BCUT2D eigenvalue weighted by atomic mass is 127. The number of imidazole rings is 1. The number of rotatable bonds is 2. The van der Waals surface area contributed by atoms with Gasteiger partial charge >= 0.3 is 0 Å². The molecule has 0 amide bonds. The predicted molar refractivity (Wildman–Crippen MR) is 86.4 cm³/mol. The maximum absolute atomic E-state index is 9.92. The average molecular weight is 379 g/mol. The van der Waals surface area contributed by atoms with Gasteiger partial charge < -0.3 is 5.11 Å². The fourth-order valence-corrected chi connectivity index (χ4v) is 2.60. The van der Waals surface area contributed by atoms with E-state index < -0.39 is 5.60 Å². The standard InChI is InChI=1S/C15H14IN3O/c1-15(2,20)12-4-3-11(8-17-12)10-5-6-19-13(16)9-18-14(19)7-10/h3-9,20H,1-2H3. The summed E-state index contributed by atoms with van der Waals surface area (Å²) in [4.78, 5) is 8.69. The van der Waals surface area contributed by atoms with Crippen LogP contribution in [0.25, 0.3) is 16.8 Å². The molecule has 3 aromatic heterocycles. The summed E-state index contributed by atoms with van der Waals surface area (Å²) in [6.45, 7) is 3.46. The highest BCUT2D eigenvalue weighted by molar-refractivity contribution is 14.1. The Morgan fingerprint density at radius 2 is 1.90 bits per heavy atom. The van der Waals surface area contributed by atoms with Crippen LogP contribution in [0, 0.1) is 3.70 Å². The zero-order valence-corrected chi connectivity index (χ0v) is 13.4. The lowest BCUT2D eigenvalue weighted by molar-refractivity contribution is 0.0739. The molecule has 0 aromatic carbocycles. The van der Waals surface area contributed by atoms with Crippen molar-refractivity contribution in [3.8, 4) is 11.1 Å². The first kappa shape index (κ1) is 13.5. The van der Waals surface area contributed by atoms with Crippen LogP contribution < -0.4 is 0 Å². The van der Waals surface area contributed by atoms with Gasteiger partial charge in [0.15, 0.2) is 0 Å². The molecule has 3 aromatic rings. The van der Waals surface area contributed by atoms with Gasteiger partial charge in [-0.1, -0.05) is 6.07 Å². The third kappa shape index (κ3) is 2.43. The number of nitrogens with zero attached hydrogens (tertiary/aromatic N) is 3. The van der Waals surface area contributed by atoms with Gasteiger partial charge in [0, 0.05) is 18.0 Å². The quantitative estimate of drug-likeness (QED) is 0.696. The topological polar surface area (TPSA) is 50.4 Å². The van der Waals surface area contributed by atoms with Gasteiger partial charge in [-0.15, -0.1) is 0 Å². The summed E-state index contributed by atoms with van der Waals surface area (Å²) >= 11 is 2.25. The van der Waals surface area contributed by atoms with E-state index in [4.69, 9.17) is 0 Å². The van der Waals surface area contributed by atoms with Crippen molar-refractivity contribution >= 4 is 28.2 Å². The summed E-state index contributed by atoms with van der Waals surface area (Å²) in [5, 5.41) is 9.92. The lowest BCUT2D eigenvalue weighted by Gasteiger charge is -2.16. The summed E-state index contributed by atoms with van der Waals surface area (Å²) in [7, 11) is 0. The fraction of sp³-hybridized carbons (Fsp3) is 0.200. The van der Waals surface area contributed by atoms with Crippen LogP contribution >= 0.6 is 22.6 Å². The minimum Gasteiger partial charge on any atom is -0.384 e. The van der Waals surface area contributed by atoms with E-state index in [1.54, 1.807) is 20.0 Å². The van der Waals surface area contributed by atoms with Crippen LogP contribution in [0.5, 0.6) is 0 Å². The molecule has 0 bridgehead atoms. The Morgan fingerprint density at radius 1 is 1.10 bits per heavy atom. The van der Waals surface area contributed by atoms with E-state index in [0.717, 1.165) is 20.5 Å². The van der Waals surface area contributed by atoms with E-state index in [1.165, 1.54) is 0 Å². The zero-order chi connectivity index (χ0) is 14.3. The minimum atomic E-state index is -0.915. The van der Waals surface area contributed by atoms with Gasteiger partial charge in [0.1, 0.15) is 14.9 Å². The van der Waals surface area contributed by atoms with Crippen molar-refractivity contribution in [3.05, 3.63) is 52.3 Å². The SMILES string of the molecule is CC(C)(O)c1ccc(-c2ccn3c(I)cnc3c2)cn1. The van der Waals surface area contributed by atoms with E-state index >= 15 is 0 Å². The molecule has 0 saturated heterocycles. The molecule has 0 unspecified atom stereocenters. The summed E-state index contributed by atoms with van der Waals surface area (Å²) in [6, 6.07) is 7.90. The van der Waals surface area contributed by atoms with Crippen molar-refractivity contribution < 1.29 is 5.11 Å². The van der Waals surface area contributed by atoms with Crippen LogP contribution in [0.2, 0.25) is 0 Å². The first-order chi connectivity index (χ1) is 9.45. The number of aliphatic hydroxyl groups is 1. The molecule has 5 heteroatoms. The van der Waals surface area contributed by atoms with Crippen LogP contribution in [0.1, 0.15) is 19.5 Å². The number of hydrogen-bond donors (Lipinski definition) is 1. The lowest BCUT2D eigenvalue weighted by atomic mass is 10.0. The van der Waals surface area contributed by atoms with Crippen molar-refractivity contribution in [2.75, 3.05) is 0 Å². The second-order valence-corrected chi connectivity index (χ2v) is 6.32. The Kier molecular flexibility index (Phi) is 3.25. The van der Waals surface area contributed by atoms with Gasteiger partial charge in [-0.3, -0.25) is 9.38 Å². The van der Waals surface area contributed by atoms with Gasteiger partial charge in [0.25, 0.3) is 0 Å². The van der Waals surface area contributed by atoms with Gasteiger partial charge in [-0.25, -0.2) is 4.98 Å². The van der Waals surface area contributed by atoms with Crippen LogP contribution in [0.3, 0.4) is 0 Å². The third-order valence-electron chi connectivity index (χ3n) is 3.19. The summed E-state index contributed by atoms with van der Waals surface area (Å²) in [6.07, 6.45) is 5.63. The third-order valence-corrected chi connectivity index (χ3v) is 3.99. The van der Waals surface area contributed by atoms with E-state index in [0.29, 0.717) is 5.69 Å². The number of fused-ring (bicyclic) bond motifs is 1.